The summed E-state index contributed by atoms with van der Waals surface area (Å²) in [5, 5.41) is 8.36. The number of benzene rings is 2. The van der Waals surface area contributed by atoms with Crippen LogP contribution in [0.4, 0.5) is 0 Å². The van der Waals surface area contributed by atoms with E-state index in [0.29, 0.717) is 23.4 Å². The van der Waals surface area contributed by atoms with Gasteiger partial charge in [0.05, 0.1) is 24.4 Å². The summed E-state index contributed by atoms with van der Waals surface area (Å²) in [5.74, 6) is 1.83. The van der Waals surface area contributed by atoms with Crippen LogP contribution in [0.1, 0.15) is 30.2 Å². The van der Waals surface area contributed by atoms with Crippen LogP contribution < -0.4 is 5.32 Å². The van der Waals surface area contributed by atoms with Gasteiger partial charge in [-0.1, -0.05) is 35.5 Å². The molecule has 2 aromatic heterocycles. The molecule has 8 heteroatoms. The molecule has 1 aliphatic heterocycles. The molecule has 0 saturated heterocycles. The van der Waals surface area contributed by atoms with E-state index in [4.69, 9.17) is 26.1 Å². The van der Waals surface area contributed by atoms with Gasteiger partial charge in [-0.05, 0) is 67.4 Å². The highest BCUT2D eigenvalue weighted by atomic mass is 32.2. The zero-order valence-electron chi connectivity index (χ0n) is 18.2. The van der Waals surface area contributed by atoms with Crippen molar-refractivity contribution in [1.82, 2.24) is 20.4 Å². The van der Waals surface area contributed by atoms with Crippen LogP contribution in [0, 0.1) is 0 Å². The predicted molar refractivity (Wildman–Crippen MR) is 133 cm³/mol. The second kappa shape index (κ2) is 9.25. The molecule has 166 valence electrons. The number of furan rings is 1. The summed E-state index contributed by atoms with van der Waals surface area (Å²) in [4.78, 5) is 7.95. The Balaban J connectivity index is 1.57. The largest absolute Gasteiger partial charge is 0.467 e. The van der Waals surface area contributed by atoms with Crippen molar-refractivity contribution in [2.24, 2.45) is 0 Å². The van der Waals surface area contributed by atoms with Crippen LogP contribution in [0.5, 0.6) is 0 Å². The van der Waals surface area contributed by atoms with Gasteiger partial charge in [0.2, 0.25) is 5.82 Å². The van der Waals surface area contributed by atoms with Crippen LogP contribution in [0.3, 0.4) is 0 Å². The lowest BCUT2D eigenvalue weighted by Crippen LogP contribution is -2.45. The third-order valence-electron chi connectivity index (χ3n) is 5.63. The fraction of sp³-hybridized carbons (Fsp3) is 0.160. The first-order valence-electron chi connectivity index (χ1n) is 10.5. The summed E-state index contributed by atoms with van der Waals surface area (Å²) in [7, 11) is 0. The first-order chi connectivity index (χ1) is 16.1. The minimum Gasteiger partial charge on any atom is -0.467 e. The molecule has 1 atom stereocenters. The molecule has 0 amide bonds. The third kappa shape index (κ3) is 4.31. The van der Waals surface area contributed by atoms with Crippen LogP contribution in [-0.4, -0.2) is 26.4 Å². The summed E-state index contributed by atoms with van der Waals surface area (Å²) in [6, 6.07) is 21.9. The molecule has 1 aliphatic rings. The number of thioether (sulfide) groups is 1. The van der Waals surface area contributed by atoms with Gasteiger partial charge in [-0.25, -0.2) is 0 Å². The number of nitrogens with one attached hydrogen (secondary N) is 1. The smallest absolute Gasteiger partial charge is 0.258 e. The molecule has 0 bridgehead atoms. The average Bonchev–Trinajstić information content (AvgIpc) is 3.54. The van der Waals surface area contributed by atoms with E-state index in [9.17, 15) is 0 Å². The van der Waals surface area contributed by atoms with Crippen LogP contribution in [0.25, 0.3) is 17.0 Å². The SMILES string of the molecule is CSc1ccc(-c2noc(C3=C(C)N(Cc4ccco4)C(=S)NC3c3ccccc3)n2)cc1. The molecule has 0 saturated carbocycles. The minimum atomic E-state index is -0.210. The molecule has 4 aromatic rings. The van der Waals surface area contributed by atoms with Crippen molar-refractivity contribution < 1.29 is 8.94 Å². The third-order valence-corrected chi connectivity index (χ3v) is 6.71. The van der Waals surface area contributed by atoms with Crippen LogP contribution in [0.15, 0.2) is 92.5 Å². The number of hydrogen-bond donors (Lipinski definition) is 1. The summed E-state index contributed by atoms with van der Waals surface area (Å²) >= 11 is 7.43. The standard InChI is InChI=1S/C25H22N4O2S2/c1-16-21(24-27-23(28-31-24)18-10-12-20(33-2)13-11-18)22(17-7-4-3-5-8-17)26-25(32)29(16)15-19-9-6-14-30-19/h3-14,22H,15H2,1-2H3,(H,26,32). The lowest BCUT2D eigenvalue weighted by molar-refractivity contribution is 0.382. The second-order valence-electron chi connectivity index (χ2n) is 7.61. The number of hydrogen-bond acceptors (Lipinski definition) is 6. The lowest BCUT2D eigenvalue weighted by Gasteiger charge is -2.37. The Hall–Kier alpha value is -3.36. The molecule has 3 heterocycles. The molecule has 2 aromatic carbocycles. The van der Waals surface area contributed by atoms with Crippen molar-refractivity contribution in [2.45, 2.75) is 24.4 Å². The zero-order chi connectivity index (χ0) is 22.8. The molecule has 6 nitrogen and oxygen atoms in total. The maximum Gasteiger partial charge on any atom is 0.258 e. The van der Waals surface area contributed by atoms with Crippen molar-refractivity contribution in [3.63, 3.8) is 0 Å². The van der Waals surface area contributed by atoms with Gasteiger partial charge in [0.1, 0.15) is 5.76 Å². The fourth-order valence-electron chi connectivity index (χ4n) is 3.89. The molecule has 0 fully saturated rings. The quantitative estimate of drug-likeness (QED) is 0.273. The predicted octanol–water partition coefficient (Wildman–Crippen LogP) is 5.91. The maximum absolute atomic E-state index is 5.80. The Bertz CT molecular complexity index is 1280. The van der Waals surface area contributed by atoms with Crippen molar-refractivity contribution in [3.8, 4) is 11.4 Å². The Morgan fingerprint density at radius 1 is 1.06 bits per heavy atom. The summed E-state index contributed by atoms with van der Waals surface area (Å²) in [6.45, 7) is 2.53. The van der Waals surface area contributed by atoms with Gasteiger partial charge in [-0.15, -0.1) is 11.8 Å². The van der Waals surface area contributed by atoms with E-state index in [0.717, 1.165) is 28.2 Å². The van der Waals surface area contributed by atoms with E-state index in [-0.39, 0.29) is 6.04 Å². The summed E-state index contributed by atoms with van der Waals surface area (Å²) in [6.07, 6.45) is 3.71. The van der Waals surface area contributed by atoms with Crippen LogP contribution >= 0.6 is 24.0 Å². The van der Waals surface area contributed by atoms with Crippen LogP contribution in [-0.2, 0) is 6.54 Å². The fourth-order valence-corrected chi connectivity index (χ4v) is 4.62. The highest BCUT2D eigenvalue weighted by molar-refractivity contribution is 7.98. The molecule has 1 unspecified atom stereocenters. The van der Waals surface area contributed by atoms with E-state index in [2.05, 4.69) is 41.0 Å². The number of thiocarbonyl (C=S) groups is 1. The molecule has 0 spiro atoms. The zero-order valence-corrected chi connectivity index (χ0v) is 19.8. The van der Waals surface area contributed by atoms with Gasteiger partial charge < -0.3 is 19.2 Å². The monoisotopic (exact) mass is 474 g/mol. The second-order valence-corrected chi connectivity index (χ2v) is 8.88. The number of rotatable bonds is 6. The number of nitrogens with zero attached hydrogens (tertiary/aromatic N) is 3. The van der Waals surface area contributed by atoms with Gasteiger partial charge in [0.15, 0.2) is 5.11 Å². The topological polar surface area (TPSA) is 67.3 Å². The van der Waals surface area contributed by atoms with E-state index in [1.807, 2.05) is 54.3 Å². The number of aromatic nitrogens is 2. The first kappa shape index (κ1) is 21.5. The Labute approximate surface area is 201 Å². The van der Waals surface area contributed by atoms with Crippen molar-refractivity contribution in [3.05, 3.63) is 95.9 Å². The summed E-state index contributed by atoms with van der Waals surface area (Å²) in [5.41, 5.74) is 3.80. The van der Waals surface area contributed by atoms with Gasteiger partial charge in [0, 0.05) is 16.2 Å². The molecule has 33 heavy (non-hydrogen) atoms. The van der Waals surface area contributed by atoms with E-state index in [1.165, 1.54) is 4.90 Å². The van der Waals surface area contributed by atoms with Gasteiger partial charge in [0.25, 0.3) is 5.89 Å². The molecule has 1 N–H and O–H groups in total. The van der Waals surface area contributed by atoms with Crippen molar-refractivity contribution in [1.29, 1.82) is 0 Å². The average molecular weight is 475 g/mol. The number of allylic oxidation sites excluding steroid dienone is 1. The van der Waals surface area contributed by atoms with E-state index < -0.39 is 0 Å². The Kier molecular flexibility index (Phi) is 6.02. The van der Waals surface area contributed by atoms with E-state index >= 15 is 0 Å². The van der Waals surface area contributed by atoms with Crippen molar-refractivity contribution in [2.75, 3.05) is 6.26 Å². The highest BCUT2D eigenvalue weighted by Gasteiger charge is 2.34. The van der Waals surface area contributed by atoms with Crippen LogP contribution in [0.2, 0.25) is 0 Å². The first-order valence-corrected chi connectivity index (χ1v) is 12.1. The molecule has 0 aliphatic carbocycles. The molecular weight excluding hydrogens is 452 g/mol. The van der Waals surface area contributed by atoms with Gasteiger partial charge in [-0.2, -0.15) is 4.98 Å². The molecule has 0 radical (unpaired) electrons. The van der Waals surface area contributed by atoms with Crippen molar-refractivity contribution >= 4 is 34.7 Å². The van der Waals surface area contributed by atoms with Gasteiger partial charge in [-0.3, -0.25) is 0 Å². The Morgan fingerprint density at radius 2 is 1.85 bits per heavy atom. The van der Waals surface area contributed by atoms with Gasteiger partial charge >= 0.3 is 0 Å². The lowest BCUT2D eigenvalue weighted by atomic mass is 9.95. The maximum atomic E-state index is 5.80. The minimum absolute atomic E-state index is 0.210. The summed E-state index contributed by atoms with van der Waals surface area (Å²) < 4.78 is 11.4. The molecule has 5 rings (SSSR count). The Morgan fingerprint density at radius 3 is 2.55 bits per heavy atom. The normalized spacial score (nSPS) is 16.2. The molecular formula is C25H22N4O2S2. The highest BCUT2D eigenvalue weighted by Crippen LogP contribution is 2.38. The van der Waals surface area contributed by atoms with E-state index in [1.54, 1.807) is 18.0 Å².